The quantitative estimate of drug-likeness (QED) is 0.689. The van der Waals surface area contributed by atoms with Crippen LogP contribution >= 0.6 is 0 Å². The fourth-order valence-electron chi connectivity index (χ4n) is 1.87. The molecule has 4 nitrogen and oxygen atoms in total. The van der Waals surface area contributed by atoms with E-state index in [1.165, 1.54) is 0 Å². The minimum absolute atomic E-state index is 0.201. The molecule has 16 heavy (non-hydrogen) atoms. The van der Waals surface area contributed by atoms with Crippen molar-refractivity contribution in [2.75, 3.05) is 13.1 Å². The highest BCUT2D eigenvalue weighted by molar-refractivity contribution is 5.68. The molecular formula is C12H24N2O2. The molecule has 0 aromatic rings. The molecule has 1 fully saturated rings. The molecule has 0 aromatic heterocycles. The topological polar surface area (TPSA) is 55.6 Å². The van der Waals surface area contributed by atoms with E-state index in [4.69, 9.17) is 10.5 Å². The Labute approximate surface area is 98.1 Å². The maximum atomic E-state index is 11.9. The van der Waals surface area contributed by atoms with Crippen molar-refractivity contribution >= 4 is 6.09 Å². The Bertz CT molecular complexity index is 248. The maximum Gasteiger partial charge on any atom is 0.410 e. The Morgan fingerprint density at radius 1 is 1.44 bits per heavy atom. The van der Waals surface area contributed by atoms with E-state index >= 15 is 0 Å². The summed E-state index contributed by atoms with van der Waals surface area (Å²) >= 11 is 0. The molecule has 2 atom stereocenters. The number of nitrogens with two attached hydrogens (primary N) is 1. The summed E-state index contributed by atoms with van der Waals surface area (Å²) in [6.07, 6.45) is 1.74. The first-order valence-electron chi connectivity index (χ1n) is 6.03. The number of hydrogen-bond acceptors (Lipinski definition) is 3. The summed E-state index contributed by atoms with van der Waals surface area (Å²) in [4.78, 5) is 13.7. The summed E-state index contributed by atoms with van der Waals surface area (Å²) in [5, 5.41) is 0. The maximum absolute atomic E-state index is 11.9. The highest BCUT2D eigenvalue weighted by Crippen LogP contribution is 2.17. The predicted octanol–water partition coefficient (Wildman–Crippen LogP) is 1.98. The van der Waals surface area contributed by atoms with Crippen LogP contribution in [-0.2, 0) is 4.74 Å². The molecule has 1 aliphatic heterocycles. The van der Waals surface area contributed by atoms with Gasteiger partial charge in [0, 0.05) is 19.1 Å². The van der Waals surface area contributed by atoms with Crippen molar-refractivity contribution in [1.29, 1.82) is 0 Å². The van der Waals surface area contributed by atoms with E-state index in [9.17, 15) is 4.79 Å². The summed E-state index contributed by atoms with van der Waals surface area (Å²) in [5.41, 5.74) is 5.57. The van der Waals surface area contributed by atoms with Crippen molar-refractivity contribution in [3.8, 4) is 0 Å². The van der Waals surface area contributed by atoms with Crippen molar-refractivity contribution in [3.05, 3.63) is 0 Å². The molecule has 94 valence electrons. The molecular weight excluding hydrogens is 204 g/mol. The van der Waals surface area contributed by atoms with Crippen LogP contribution in [-0.4, -0.2) is 35.7 Å². The minimum Gasteiger partial charge on any atom is -0.444 e. The SMILES string of the molecule is C[C@@H]1CN(C(=O)OC(C)(C)C)CCCC1N. The van der Waals surface area contributed by atoms with Crippen LogP contribution in [0.1, 0.15) is 40.5 Å². The Kier molecular flexibility index (Phi) is 4.19. The third-order valence-corrected chi connectivity index (χ3v) is 2.86. The van der Waals surface area contributed by atoms with Crippen molar-refractivity contribution in [3.63, 3.8) is 0 Å². The van der Waals surface area contributed by atoms with Crippen molar-refractivity contribution in [2.24, 2.45) is 11.7 Å². The number of rotatable bonds is 0. The lowest BCUT2D eigenvalue weighted by Gasteiger charge is -2.28. The molecule has 2 N–H and O–H groups in total. The summed E-state index contributed by atoms with van der Waals surface area (Å²) in [7, 11) is 0. The van der Waals surface area contributed by atoms with Gasteiger partial charge in [-0.3, -0.25) is 0 Å². The van der Waals surface area contributed by atoms with Gasteiger partial charge < -0.3 is 15.4 Å². The molecule has 0 aromatic carbocycles. The molecule has 0 aliphatic carbocycles. The summed E-state index contributed by atoms with van der Waals surface area (Å²) in [5.74, 6) is 0.343. The number of likely N-dealkylation sites (tertiary alicyclic amines) is 1. The number of ether oxygens (including phenoxy) is 1. The monoisotopic (exact) mass is 228 g/mol. The molecule has 4 heteroatoms. The standard InChI is InChI=1S/C12H24N2O2/c1-9-8-14(7-5-6-10(9)13)11(15)16-12(2,3)4/h9-10H,5-8,13H2,1-4H3/t9-,10?/m1/s1. The molecule has 0 saturated carbocycles. The van der Waals surface area contributed by atoms with E-state index in [1.807, 2.05) is 20.8 Å². The molecule has 1 heterocycles. The Morgan fingerprint density at radius 2 is 2.06 bits per heavy atom. The third kappa shape index (κ3) is 4.00. The van der Waals surface area contributed by atoms with Crippen LogP contribution in [0.25, 0.3) is 0 Å². The zero-order chi connectivity index (χ0) is 12.3. The number of amides is 1. The predicted molar refractivity (Wildman–Crippen MR) is 64.2 cm³/mol. The summed E-state index contributed by atoms with van der Waals surface area (Å²) in [6.45, 7) is 9.21. The van der Waals surface area contributed by atoms with Crippen LogP contribution in [0.15, 0.2) is 0 Å². The van der Waals surface area contributed by atoms with E-state index < -0.39 is 5.60 Å². The largest absolute Gasteiger partial charge is 0.444 e. The van der Waals surface area contributed by atoms with Crippen LogP contribution in [0.4, 0.5) is 4.79 Å². The van der Waals surface area contributed by atoms with Crippen LogP contribution in [0.2, 0.25) is 0 Å². The van der Waals surface area contributed by atoms with Crippen LogP contribution < -0.4 is 5.73 Å². The zero-order valence-electron chi connectivity index (χ0n) is 10.8. The Balaban J connectivity index is 2.56. The van der Waals surface area contributed by atoms with Gasteiger partial charge >= 0.3 is 6.09 Å². The van der Waals surface area contributed by atoms with Gasteiger partial charge in [0.25, 0.3) is 0 Å². The third-order valence-electron chi connectivity index (χ3n) is 2.86. The lowest BCUT2D eigenvalue weighted by Crippen LogP contribution is -2.40. The second kappa shape index (κ2) is 5.04. The highest BCUT2D eigenvalue weighted by atomic mass is 16.6. The molecule has 1 rings (SSSR count). The second-order valence-corrected chi connectivity index (χ2v) is 5.71. The van der Waals surface area contributed by atoms with Crippen LogP contribution in [0.3, 0.4) is 0 Å². The van der Waals surface area contributed by atoms with Crippen molar-refractivity contribution in [1.82, 2.24) is 4.90 Å². The smallest absolute Gasteiger partial charge is 0.410 e. The number of carbonyl (C=O) groups is 1. The average molecular weight is 228 g/mol. The van der Waals surface area contributed by atoms with Gasteiger partial charge in [0.2, 0.25) is 0 Å². The van der Waals surface area contributed by atoms with Gasteiger partial charge in [0.05, 0.1) is 0 Å². The molecule has 0 bridgehead atoms. The highest BCUT2D eigenvalue weighted by Gasteiger charge is 2.27. The van der Waals surface area contributed by atoms with E-state index in [2.05, 4.69) is 6.92 Å². The first kappa shape index (κ1) is 13.3. The molecule has 0 radical (unpaired) electrons. The van der Waals surface area contributed by atoms with Gasteiger partial charge in [-0.25, -0.2) is 4.79 Å². The number of carbonyl (C=O) groups excluding carboxylic acids is 1. The van der Waals surface area contributed by atoms with Crippen LogP contribution in [0.5, 0.6) is 0 Å². The minimum atomic E-state index is -0.422. The van der Waals surface area contributed by atoms with Crippen molar-refractivity contribution in [2.45, 2.75) is 52.2 Å². The van der Waals surface area contributed by atoms with Gasteiger partial charge in [0.15, 0.2) is 0 Å². The van der Waals surface area contributed by atoms with Gasteiger partial charge in [-0.15, -0.1) is 0 Å². The fraction of sp³-hybridized carbons (Fsp3) is 0.917. The number of nitrogens with zero attached hydrogens (tertiary/aromatic N) is 1. The van der Waals surface area contributed by atoms with Crippen LogP contribution in [0, 0.1) is 5.92 Å². The summed E-state index contributed by atoms with van der Waals surface area (Å²) < 4.78 is 5.36. The van der Waals surface area contributed by atoms with E-state index in [1.54, 1.807) is 4.90 Å². The molecule has 1 saturated heterocycles. The van der Waals surface area contributed by atoms with E-state index in [-0.39, 0.29) is 12.1 Å². The molecule has 0 spiro atoms. The first-order chi connectivity index (χ1) is 7.29. The molecule has 1 amide bonds. The Morgan fingerprint density at radius 3 is 2.62 bits per heavy atom. The lowest BCUT2D eigenvalue weighted by molar-refractivity contribution is 0.0236. The first-order valence-corrected chi connectivity index (χ1v) is 6.03. The van der Waals surface area contributed by atoms with Gasteiger partial charge in [-0.1, -0.05) is 6.92 Å². The molecule has 1 unspecified atom stereocenters. The summed E-state index contributed by atoms with van der Waals surface area (Å²) in [6, 6.07) is 0.201. The Hall–Kier alpha value is -0.770. The van der Waals surface area contributed by atoms with Crippen molar-refractivity contribution < 1.29 is 9.53 Å². The average Bonchev–Trinajstić information content (AvgIpc) is 2.27. The van der Waals surface area contributed by atoms with E-state index in [0.717, 1.165) is 19.4 Å². The van der Waals surface area contributed by atoms with E-state index in [0.29, 0.717) is 12.5 Å². The fourth-order valence-corrected chi connectivity index (χ4v) is 1.87. The van der Waals surface area contributed by atoms with Gasteiger partial charge in [-0.2, -0.15) is 0 Å². The zero-order valence-corrected chi connectivity index (χ0v) is 10.8. The normalized spacial score (nSPS) is 27.4. The lowest BCUT2D eigenvalue weighted by atomic mass is 10.0. The number of hydrogen-bond donors (Lipinski definition) is 1. The molecule has 1 aliphatic rings. The van der Waals surface area contributed by atoms with Gasteiger partial charge in [0.1, 0.15) is 5.60 Å². The van der Waals surface area contributed by atoms with Gasteiger partial charge in [-0.05, 0) is 39.5 Å². The second-order valence-electron chi connectivity index (χ2n) is 5.71.